The summed E-state index contributed by atoms with van der Waals surface area (Å²) in [6.07, 6.45) is 3.38. The molecule has 0 heterocycles. The first-order valence-electron chi connectivity index (χ1n) is 7.12. The summed E-state index contributed by atoms with van der Waals surface area (Å²) in [4.78, 5) is 11.6. The molecule has 1 amide bonds. The molecule has 0 spiro atoms. The molecule has 5 nitrogen and oxygen atoms in total. The first-order valence-corrected chi connectivity index (χ1v) is 7.12. The van der Waals surface area contributed by atoms with Crippen LogP contribution in [0.25, 0.3) is 6.08 Å². The van der Waals surface area contributed by atoms with Gasteiger partial charge in [0.05, 0.1) is 19.3 Å². The molecule has 3 N–H and O–H groups in total. The van der Waals surface area contributed by atoms with Gasteiger partial charge in [-0.1, -0.05) is 12.1 Å². The molecule has 0 atom stereocenters. The van der Waals surface area contributed by atoms with Crippen LogP contribution in [0.3, 0.4) is 0 Å². The maximum Gasteiger partial charge on any atom is 0.244 e. The van der Waals surface area contributed by atoms with Gasteiger partial charge in [0.15, 0.2) is 0 Å². The number of hydrogen-bond acceptors (Lipinski definition) is 4. The zero-order valence-corrected chi connectivity index (χ0v) is 12.7. The molecule has 0 aliphatic carbocycles. The van der Waals surface area contributed by atoms with E-state index in [4.69, 9.17) is 15.2 Å². The van der Waals surface area contributed by atoms with Crippen molar-refractivity contribution in [3.63, 3.8) is 0 Å². The number of ether oxygens (including phenoxy) is 2. The number of carbonyl (C=O) groups is 1. The third kappa shape index (κ3) is 8.12. The molecular formula is C16H24N2O3. The van der Waals surface area contributed by atoms with Crippen molar-refractivity contribution in [2.24, 2.45) is 5.73 Å². The molecule has 0 saturated heterocycles. The smallest absolute Gasteiger partial charge is 0.244 e. The minimum Gasteiger partial charge on any atom is -0.491 e. The fourth-order valence-electron chi connectivity index (χ4n) is 1.63. The van der Waals surface area contributed by atoms with E-state index in [1.165, 1.54) is 6.08 Å². The average molecular weight is 292 g/mol. The van der Waals surface area contributed by atoms with Crippen LogP contribution >= 0.6 is 0 Å². The lowest BCUT2D eigenvalue weighted by molar-refractivity contribution is -0.116. The molecule has 1 rings (SSSR count). The molecule has 0 saturated carbocycles. The highest BCUT2D eigenvalue weighted by atomic mass is 16.5. The van der Waals surface area contributed by atoms with E-state index in [2.05, 4.69) is 5.32 Å². The second-order valence-corrected chi connectivity index (χ2v) is 4.76. The molecule has 0 aliphatic rings. The number of amides is 1. The molecule has 1 aromatic rings. The van der Waals surface area contributed by atoms with Crippen molar-refractivity contribution in [1.82, 2.24) is 5.32 Å². The summed E-state index contributed by atoms with van der Waals surface area (Å²) in [5, 5.41) is 2.74. The fraction of sp³-hybridized carbons (Fsp3) is 0.438. The van der Waals surface area contributed by atoms with Gasteiger partial charge >= 0.3 is 0 Å². The Labute approximate surface area is 126 Å². The van der Waals surface area contributed by atoms with Gasteiger partial charge in [0.25, 0.3) is 0 Å². The van der Waals surface area contributed by atoms with E-state index in [-0.39, 0.29) is 12.0 Å². The second-order valence-electron chi connectivity index (χ2n) is 4.76. The lowest BCUT2D eigenvalue weighted by Crippen LogP contribution is -2.26. The summed E-state index contributed by atoms with van der Waals surface area (Å²) >= 11 is 0. The van der Waals surface area contributed by atoms with Gasteiger partial charge in [-0.25, -0.2) is 0 Å². The first-order chi connectivity index (χ1) is 10.1. The average Bonchev–Trinajstić information content (AvgIpc) is 2.44. The number of nitrogens with one attached hydrogen (secondary N) is 1. The molecule has 0 unspecified atom stereocenters. The lowest BCUT2D eigenvalue weighted by Gasteiger charge is -2.09. The van der Waals surface area contributed by atoms with E-state index in [1.807, 2.05) is 38.1 Å². The van der Waals surface area contributed by atoms with Crippen LogP contribution in [0.15, 0.2) is 30.3 Å². The third-order valence-corrected chi connectivity index (χ3v) is 2.46. The predicted octanol–water partition coefficient (Wildman–Crippen LogP) is 1.58. The number of carbonyl (C=O) groups excluding carboxylic acids is 1. The van der Waals surface area contributed by atoms with Gasteiger partial charge in [0.1, 0.15) is 5.75 Å². The zero-order valence-electron chi connectivity index (χ0n) is 12.7. The Morgan fingerprint density at radius 3 is 2.90 bits per heavy atom. The van der Waals surface area contributed by atoms with Crippen molar-refractivity contribution < 1.29 is 14.3 Å². The van der Waals surface area contributed by atoms with Gasteiger partial charge in [0, 0.05) is 19.2 Å². The quantitative estimate of drug-likeness (QED) is 0.535. The van der Waals surface area contributed by atoms with Crippen LogP contribution in [-0.2, 0) is 9.53 Å². The summed E-state index contributed by atoms with van der Waals surface area (Å²) in [6, 6.07) is 7.61. The van der Waals surface area contributed by atoms with Crippen LogP contribution in [0.4, 0.5) is 0 Å². The Hall–Kier alpha value is -1.85. The van der Waals surface area contributed by atoms with Crippen LogP contribution < -0.4 is 15.8 Å². The number of rotatable bonds is 9. The summed E-state index contributed by atoms with van der Waals surface area (Å²) in [5.41, 5.74) is 6.21. The predicted molar refractivity (Wildman–Crippen MR) is 84.1 cm³/mol. The Balaban J connectivity index is 2.39. The fourth-order valence-corrected chi connectivity index (χ4v) is 1.63. The van der Waals surface area contributed by atoms with Crippen molar-refractivity contribution in [3.8, 4) is 5.75 Å². The summed E-state index contributed by atoms with van der Waals surface area (Å²) < 4.78 is 10.8. The normalized spacial score (nSPS) is 11.0. The monoisotopic (exact) mass is 292 g/mol. The van der Waals surface area contributed by atoms with Crippen molar-refractivity contribution in [1.29, 1.82) is 0 Å². The Morgan fingerprint density at radius 1 is 1.38 bits per heavy atom. The van der Waals surface area contributed by atoms with Crippen LogP contribution in [-0.4, -0.2) is 38.3 Å². The highest BCUT2D eigenvalue weighted by Gasteiger charge is 1.99. The van der Waals surface area contributed by atoms with Crippen molar-refractivity contribution in [2.45, 2.75) is 20.0 Å². The summed E-state index contributed by atoms with van der Waals surface area (Å²) in [7, 11) is 0. The zero-order chi connectivity index (χ0) is 15.5. The van der Waals surface area contributed by atoms with Gasteiger partial charge < -0.3 is 20.5 Å². The molecule has 0 bridgehead atoms. The molecule has 5 heteroatoms. The Bertz CT molecular complexity index is 459. The van der Waals surface area contributed by atoms with Gasteiger partial charge in [-0.15, -0.1) is 0 Å². The highest BCUT2D eigenvalue weighted by Crippen LogP contribution is 2.15. The maximum absolute atomic E-state index is 11.6. The van der Waals surface area contributed by atoms with E-state index >= 15 is 0 Å². The van der Waals surface area contributed by atoms with Crippen molar-refractivity contribution >= 4 is 12.0 Å². The molecular weight excluding hydrogens is 268 g/mol. The maximum atomic E-state index is 11.6. The molecule has 0 aliphatic heterocycles. The molecule has 0 radical (unpaired) electrons. The molecule has 0 aromatic heterocycles. The largest absolute Gasteiger partial charge is 0.491 e. The lowest BCUT2D eigenvalue weighted by atomic mass is 10.2. The number of nitrogens with two attached hydrogens (primary N) is 1. The minimum absolute atomic E-state index is 0.126. The summed E-state index contributed by atoms with van der Waals surface area (Å²) in [6.45, 7) is 5.89. The molecule has 0 fully saturated rings. The SMILES string of the molecule is CC(C)Oc1cccc(/C=C/C(=O)NCCOCCN)c1. The van der Waals surface area contributed by atoms with E-state index in [0.717, 1.165) is 11.3 Å². The van der Waals surface area contributed by atoms with Gasteiger partial charge in [-0.05, 0) is 37.6 Å². The second kappa shape index (κ2) is 9.96. The van der Waals surface area contributed by atoms with E-state index < -0.39 is 0 Å². The van der Waals surface area contributed by atoms with Crippen LogP contribution in [0.1, 0.15) is 19.4 Å². The van der Waals surface area contributed by atoms with Gasteiger partial charge in [-0.3, -0.25) is 4.79 Å². The highest BCUT2D eigenvalue weighted by molar-refractivity contribution is 5.91. The van der Waals surface area contributed by atoms with Crippen LogP contribution in [0.2, 0.25) is 0 Å². The minimum atomic E-state index is -0.151. The Kier molecular flexibility index (Phi) is 8.16. The standard InChI is InChI=1S/C16H24N2O3/c1-13(2)21-15-5-3-4-14(12-15)6-7-16(19)18-9-11-20-10-8-17/h3-7,12-13H,8-11,17H2,1-2H3,(H,18,19)/b7-6+. The van der Waals surface area contributed by atoms with Crippen LogP contribution in [0.5, 0.6) is 5.75 Å². The third-order valence-electron chi connectivity index (χ3n) is 2.46. The topological polar surface area (TPSA) is 73.6 Å². The van der Waals surface area contributed by atoms with Crippen LogP contribution in [0, 0.1) is 0 Å². The van der Waals surface area contributed by atoms with E-state index in [1.54, 1.807) is 6.08 Å². The van der Waals surface area contributed by atoms with Crippen molar-refractivity contribution in [2.75, 3.05) is 26.3 Å². The van der Waals surface area contributed by atoms with E-state index in [9.17, 15) is 4.79 Å². The van der Waals surface area contributed by atoms with Gasteiger partial charge in [0.2, 0.25) is 5.91 Å². The number of benzene rings is 1. The molecule has 116 valence electrons. The molecule has 21 heavy (non-hydrogen) atoms. The van der Waals surface area contributed by atoms with Crippen molar-refractivity contribution in [3.05, 3.63) is 35.9 Å². The molecule has 1 aromatic carbocycles. The van der Waals surface area contributed by atoms with E-state index in [0.29, 0.717) is 26.3 Å². The number of hydrogen-bond donors (Lipinski definition) is 2. The first kappa shape index (κ1) is 17.2. The Morgan fingerprint density at radius 2 is 2.19 bits per heavy atom. The van der Waals surface area contributed by atoms with Gasteiger partial charge in [-0.2, -0.15) is 0 Å². The summed E-state index contributed by atoms with van der Waals surface area (Å²) in [5.74, 6) is 0.643.